The quantitative estimate of drug-likeness (QED) is 0.831. The van der Waals surface area contributed by atoms with Crippen LogP contribution in [0.4, 0.5) is 4.79 Å². The van der Waals surface area contributed by atoms with Crippen LogP contribution in [0.1, 0.15) is 33.3 Å². The average molecular weight is 283 g/mol. The topological polar surface area (TPSA) is 76.4 Å². The number of nitrogens with one attached hydrogen (secondary N) is 1. The molecule has 1 heterocycles. The molecule has 1 amide bonds. The number of ether oxygens (including phenoxy) is 1. The third-order valence-corrected chi connectivity index (χ3v) is 2.73. The van der Waals surface area contributed by atoms with Crippen LogP contribution in [-0.4, -0.2) is 39.7 Å². The lowest BCUT2D eigenvalue weighted by Gasteiger charge is -2.21. The fraction of sp³-hybridized carbons (Fsp3) is 0.714. The monoisotopic (exact) mass is 283 g/mol. The molecule has 0 bridgehead atoms. The van der Waals surface area contributed by atoms with E-state index in [1.807, 2.05) is 38.6 Å². The van der Waals surface area contributed by atoms with Gasteiger partial charge in [0.2, 0.25) is 0 Å². The number of hydrogen-bond donors (Lipinski definition) is 2. The number of rotatable bonds is 6. The highest BCUT2D eigenvalue weighted by Gasteiger charge is 2.17. The van der Waals surface area contributed by atoms with Crippen molar-refractivity contribution in [3.8, 4) is 0 Å². The molecule has 0 radical (unpaired) electrons. The zero-order chi connectivity index (χ0) is 15.2. The molecule has 1 aromatic heterocycles. The van der Waals surface area contributed by atoms with Crippen LogP contribution in [0.5, 0.6) is 0 Å². The van der Waals surface area contributed by atoms with Crippen LogP contribution in [0, 0.1) is 5.92 Å². The van der Waals surface area contributed by atoms with E-state index in [1.54, 1.807) is 6.20 Å². The predicted molar refractivity (Wildman–Crippen MR) is 76.4 cm³/mol. The average Bonchev–Trinajstić information content (AvgIpc) is 2.80. The number of amides is 1. The van der Waals surface area contributed by atoms with Gasteiger partial charge < -0.3 is 15.2 Å². The zero-order valence-corrected chi connectivity index (χ0v) is 12.7. The Hall–Kier alpha value is -1.56. The minimum absolute atomic E-state index is 0.00705. The summed E-state index contributed by atoms with van der Waals surface area (Å²) in [5, 5.41) is 16.2. The summed E-state index contributed by atoms with van der Waals surface area (Å²) >= 11 is 0. The third kappa shape index (κ3) is 6.06. The van der Waals surface area contributed by atoms with Gasteiger partial charge in [-0.3, -0.25) is 4.68 Å². The molecule has 1 rings (SSSR count). The highest BCUT2D eigenvalue weighted by molar-refractivity contribution is 5.67. The molecule has 0 spiro atoms. The number of nitrogens with zero attached hydrogens (tertiary/aromatic N) is 2. The van der Waals surface area contributed by atoms with Gasteiger partial charge in [-0.1, -0.05) is 0 Å². The summed E-state index contributed by atoms with van der Waals surface area (Å²) in [4.78, 5) is 11.6. The Kier molecular flexibility index (Phi) is 6.01. The van der Waals surface area contributed by atoms with Crippen LogP contribution < -0.4 is 5.32 Å². The van der Waals surface area contributed by atoms with Crippen LogP contribution in [0.3, 0.4) is 0 Å². The Bertz CT molecular complexity index is 424. The summed E-state index contributed by atoms with van der Waals surface area (Å²) in [7, 11) is 0. The van der Waals surface area contributed by atoms with E-state index in [4.69, 9.17) is 4.74 Å². The SMILES string of the molecule is CCn1cc(CC(CO)CNC(=O)OC(C)(C)C)cn1. The van der Waals surface area contributed by atoms with Crippen molar-refractivity contribution in [2.75, 3.05) is 13.2 Å². The minimum Gasteiger partial charge on any atom is -0.444 e. The summed E-state index contributed by atoms with van der Waals surface area (Å²) in [6, 6.07) is 0. The normalized spacial score (nSPS) is 13.1. The predicted octanol–water partition coefficient (Wildman–Crippen LogP) is 1.58. The van der Waals surface area contributed by atoms with Crippen molar-refractivity contribution in [2.45, 2.75) is 46.3 Å². The lowest BCUT2D eigenvalue weighted by Crippen LogP contribution is -2.36. The zero-order valence-electron chi connectivity index (χ0n) is 12.7. The third-order valence-electron chi connectivity index (χ3n) is 2.73. The second-order valence-corrected chi connectivity index (χ2v) is 5.84. The molecule has 20 heavy (non-hydrogen) atoms. The van der Waals surface area contributed by atoms with Crippen LogP contribution in [0.25, 0.3) is 0 Å². The molecule has 0 aliphatic rings. The maximum atomic E-state index is 11.6. The lowest BCUT2D eigenvalue weighted by atomic mass is 10.0. The van der Waals surface area contributed by atoms with Gasteiger partial charge in [0.25, 0.3) is 0 Å². The Labute approximate surface area is 120 Å². The molecule has 1 aromatic rings. The van der Waals surface area contributed by atoms with Crippen molar-refractivity contribution in [2.24, 2.45) is 5.92 Å². The van der Waals surface area contributed by atoms with Gasteiger partial charge in [-0.2, -0.15) is 5.10 Å². The van der Waals surface area contributed by atoms with Gasteiger partial charge in [0.15, 0.2) is 0 Å². The van der Waals surface area contributed by atoms with Crippen LogP contribution in [0.2, 0.25) is 0 Å². The number of alkyl carbamates (subject to hydrolysis) is 1. The highest BCUT2D eigenvalue weighted by atomic mass is 16.6. The maximum absolute atomic E-state index is 11.6. The molecule has 0 aromatic carbocycles. The molecule has 0 saturated carbocycles. The molecule has 114 valence electrons. The second-order valence-electron chi connectivity index (χ2n) is 5.84. The molecule has 6 nitrogen and oxygen atoms in total. The van der Waals surface area contributed by atoms with Gasteiger partial charge in [0, 0.05) is 31.8 Å². The van der Waals surface area contributed by atoms with Crippen LogP contribution >= 0.6 is 0 Å². The summed E-state index contributed by atoms with van der Waals surface area (Å²) in [6.07, 6.45) is 3.96. The Morgan fingerprint density at radius 2 is 2.25 bits per heavy atom. The summed E-state index contributed by atoms with van der Waals surface area (Å²) in [5.41, 5.74) is 0.540. The van der Waals surface area contributed by atoms with E-state index in [0.29, 0.717) is 13.0 Å². The number of hydrogen-bond acceptors (Lipinski definition) is 4. The van der Waals surface area contributed by atoms with Crippen molar-refractivity contribution in [3.05, 3.63) is 18.0 Å². The molecular weight excluding hydrogens is 258 g/mol. The number of carbonyl (C=O) groups is 1. The summed E-state index contributed by atoms with van der Waals surface area (Å²) in [6.45, 7) is 8.67. The van der Waals surface area contributed by atoms with Gasteiger partial charge in [-0.15, -0.1) is 0 Å². The molecule has 0 fully saturated rings. The smallest absolute Gasteiger partial charge is 0.407 e. The van der Waals surface area contributed by atoms with Gasteiger partial charge >= 0.3 is 6.09 Å². The number of aliphatic hydroxyl groups is 1. The van der Waals surface area contributed by atoms with E-state index >= 15 is 0 Å². The van der Waals surface area contributed by atoms with E-state index in [2.05, 4.69) is 10.4 Å². The summed E-state index contributed by atoms with van der Waals surface area (Å²) in [5.74, 6) is -0.0444. The first-order valence-electron chi connectivity index (χ1n) is 6.93. The number of aliphatic hydroxyl groups excluding tert-OH is 1. The molecule has 0 saturated heterocycles. The van der Waals surface area contributed by atoms with Crippen molar-refractivity contribution in [1.82, 2.24) is 15.1 Å². The van der Waals surface area contributed by atoms with E-state index in [0.717, 1.165) is 12.1 Å². The first-order chi connectivity index (χ1) is 9.34. The van der Waals surface area contributed by atoms with Crippen LogP contribution in [0.15, 0.2) is 12.4 Å². The largest absolute Gasteiger partial charge is 0.444 e. The van der Waals surface area contributed by atoms with E-state index < -0.39 is 11.7 Å². The van der Waals surface area contributed by atoms with E-state index in [9.17, 15) is 9.90 Å². The number of aryl methyl sites for hydroxylation is 1. The fourth-order valence-corrected chi connectivity index (χ4v) is 1.76. The van der Waals surface area contributed by atoms with Crippen molar-refractivity contribution in [1.29, 1.82) is 0 Å². The highest BCUT2D eigenvalue weighted by Crippen LogP contribution is 2.09. The molecule has 0 aliphatic carbocycles. The first-order valence-corrected chi connectivity index (χ1v) is 6.93. The molecule has 2 N–H and O–H groups in total. The number of carbonyl (C=O) groups excluding carboxylic acids is 1. The van der Waals surface area contributed by atoms with E-state index in [-0.39, 0.29) is 12.5 Å². The van der Waals surface area contributed by atoms with E-state index in [1.165, 1.54) is 0 Å². The summed E-state index contributed by atoms with van der Waals surface area (Å²) < 4.78 is 6.99. The van der Waals surface area contributed by atoms with Gasteiger partial charge in [0.05, 0.1) is 6.20 Å². The fourth-order valence-electron chi connectivity index (χ4n) is 1.76. The molecule has 0 aliphatic heterocycles. The Balaban J connectivity index is 2.41. The molecule has 6 heteroatoms. The Morgan fingerprint density at radius 3 is 2.75 bits per heavy atom. The van der Waals surface area contributed by atoms with Gasteiger partial charge in [-0.25, -0.2) is 4.79 Å². The van der Waals surface area contributed by atoms with Crippen LogP contribution in [-0.2, 0) is 17.7 Å². The standard InChI is InChI=1S/C14H25N3O3/c1-5-17-9-11(8-16-17)6-12(10-18)7-15-13(19)20-14(2,3)4/h8-9,12,18H,5-7,10H2,1-4H3,(H,15,19). The van der Waals surface area contributed by atoms with Gasteiger partial charge in [0.1, 0.15) is 5.60 Å². The minimum atomic E-state index is -0.513. The number of aromatic nitrogens is 2. The lowest BCUT2D eigenvalue weighted by molar-refractivity contribution is 0.0512. The molecular formula is C14H25N3O3. The maximum Gasteiger partial charge on any atom is 0.407 e. The Morgan fingerprint density at radius 1 is 1.55 bits per heavy atom. The second kappa shape index (κ2) is 7.28. The van der Waals surface area contributed by atoms with Crippen molar-refractivity contribution >= 4 is 6.09 Å². The van der Waals surface area contributed by atoms with Gasteiger partial charge in [-0.05, 0) is 39.7 Å². The molecule has 1 unspecified atom stereocenters. The molecule has 1 atom stereocenters. The van der Waals surface area contributed by atoms with Crippen molar-refractivity contribution < 1.29 is 14.6 Å². The van der Waals surface area contributed by atoms with Crippen molar-refractivity contribution in [3.63, 3.8) is 0 Å². The first kappa shape index (κ1) is 16.5.